The van der Waals surface area contributed by atoms with Crippen molar-refractivity contribution in [1.29, 1.82) is 0 Å². The number of carboxylic acids is 1. The number of thiophene rings is 1. The van der Waals surface area contributed by atoms with E-state index in [0.717, 1.165) is 25.7 Å². The van der Waals surface area contributed by atoms with Crippen LogP contribution in [0.3, 0.4) is 0 Å². The Labute approximate surface area is 155 Å². The van der Waals surface area contributed by atoms with Gasteiger partial charge >= 0.3 is 5.97 Å². The molecule has 0 fully saturated rings. The Morgan fingerprint density at radius 1 is 0.800 bits per heavy atom. The topological polar surface area (TPSA) is 37.3 Å². The second-order valence-electron chi connectivity index (χ2n) is 6.72. The summed E-state index contributed by atoms with van der Waals surface area (Å²) < 4.78 is 0. The molecule has 0 saturated heterocycles. The van der Waals surface area contributed by atoms with Gasteiger partial charge in [-0.15, -0.1) is 11.3 Å². The van der Waals surface area contributed by atoms with Gasteiger partial charge in [0.1, 0.15) is 0 Å². The van der Waals surface area contributed by atoms with Crippen LogP contribution in [0.1, 0.15) is 67.4 Å². The summed E-state index contributed by atoms with van der Waals surface area (Å²) >= 11 is 1.88. The molecule has 0 unspecified atom stereocenters. The van der Waals surface area contributed by atoms with Gasteiger partial charge in [-0.05, 0) is 67.5 Å². The highest BCUT2D eigenvalue weighted by Crippen LogP contribution is 2.22. The molecule has 0 bridgehead atoms. The van der Waals surface area contributed by atoms with E-state index in [-0.39, 0.29) is 0 Å². The Morgan fingerprint density at radius 2 is 1.48 bits per heavy atom. The van der Waals surface area contributed by atoms with E-state index in [1.807, 2.05) is 11.3 Å². The fraction of sp³-hybridized carbons (Fsp3) is 0.500. The largest absolute Gasteiger partial charge is 0.481 e. The highest BCUT2D eigenvalue weighted by atomic mass is 32.1. The number of hydrogen-bond acceptors (Lipinski definition) is 2. The van der Waals surface area contributed by atoms with E-state index in [9.17, 15) is 4.79 Å². The summed E-state index contributed by atoms with van der Waals surface area (Å²) in [5, 5.41) is 10.9. The smallest absolute Gasteiger partial charge is 0.303 e. The number of carbonyl (C=O) groups is 1. The zero-order valence-electron chi connectivity index (χ0n) is 15.1. The van der Waals surface area contributed by atoms with E-state index in [1.54, 1.807) is 4.88 Å². The second kappa shape index (κ2) is 11.9. The molecule has 0 aliphatic heterocycles. The quantitative estimate of drug-likeness (QED) is 0.428. The number of benzene rings is 1. The van der Waals surface area contributed by atoms with Crippen molar-refractivity contribution in [1.82, 2.24) is 0 Å². The van der Waals surface area contributed by atoms with E-state index >= 15 is 0 Å². The molecule has 25 heavy (non-hydrogen) atoms. The van der Waals surface area contributed by atoms with Gasteiger partial charge in [0, 0.05) is 11.3 Å². The first-order valence-corrected chi connectivity index (χ1v) is 10.4. The van der Waals surface area contributed by atoms with Crippen molar-refractivity contribution in [3.05, 3.63) is 57.8 Å². The lowest BCUT2D eigenvalue weighted by molar-refractivity contribution is -0.137. The monoisotopic (exact) mass is 358 g/mol. The van der Waals surface area contributed by atoms with Crippen molar-refractivity contribution in [3.8, 4) is 0 Å². The maximum atomic E-state index is 10.5. The third-order valence-electron chi connectivity index (χ3n) is 4.64. The number of unbranched alkanes of at least 4 members (excludes halogenated alkanes) is 5. The first-order chi connectivity index (χ1) is 12.3. The maximum absolute atomic E-state index is 10.5. The molecule has 2 aromatic rings. The van der Waals surface area contributed by atoms with Crippen molar-refractivity contribution in [2.45, 2.75) is 70.6 Å². The summed E-state index contributed by atoms with van der Waals surface area (Å²) in [6.45, 7) is 0. The minimum atomic E-state index is -0.673. The highest BCUT2D eigenvalue weighted by Gasteiger charge is 2.05. The van der Waals surface area contributed by atoms with E-state index in [4.69, 9.17) is 5.11 Å². The van der Waals surface area contributed by atoms with Gasteiger partial charge in [0.2, 0.25) is 0 Å². The minimum Gasteiger partial charge on any atom is -0.481 e. The van der Waals surface area contributed by atoms with Crippen LogP contribution in [0.25, 0.3) is 0 Å². The van der Waals surface area contributed by atoms with E-state index in [0.29, 0.717) is 6.42 Å². The first kappa shape index (κ1) is 19.7. The number of aryl methyl sites for hydroxylation is 3. The maximum Gasteiger partial charge on any atom is 0.303 e. The van der Waals surface area contributed by atoms with Crippen LogP contribution in [0.2, 0.25) is 0 Å². The number of aliphatic carboxylic acids is 1. The Hall–Kier alpha value is -1.61. The Morgan fingerprint density at radius 3 is 2.28 bits per heavy atom. The van der Waals surface area contributed by atoms with Gasteiger partial charge in [-0.2, -0.15) is 0 Å². The van der Waals surface area contributed by atoms with Gasteiger partial charge in [-0.3, -0.25) is 4.79 Å². The molecular weight excluding hydrogens is 328 g/mol. The molecule has 0 saturated carbocycles. The van der Waals surface area contributed by atoms with Gasteiger partial charge in [0.25, 0.3) is 0 Å². The second-order valence-corrected chi connectivity index (χ2v) is 7.72. The predicted octanol–water partition coefficient (Wildman–Crippen LogP) is 6.28. The van der Waals surface area contributed by atoms with Gasteiger partial charge in [0.05, 0.1) is 0 Å². The SMILES string of the molecule is O=C(O)CCCCCCc1sccc1CCCCCc1ccccc1. The molecule has 2 nitrogen and oxygen atoms in total. The molecule has 0 aliphatic carbocycles. The Kier molecular flexibility index (Phi) is 9.35. The molecular formula is C22H30O2S. The van der Waals surface area contributed by atoms with Crippen LogP contribution >= 0.6 is 11.3 Å². The molecule has 1 aromatic heterocycles. The predicted molar refractivity (Wildman–Crippen MR) is 106 cm³/mol. The molecule has 0 aliphatic rings. The molecule has 1 aromatic carbocycles. The van der Waals surface area contributed by atoms with Crippen LogP contribution in [0.4, 0.5) is 0 Å². The summed E-state index contributed by atoms with van der Waals surface area (Å²) in [7, 11) is 0. The fourth-order valence-corrected chi connectivity index (χ4v) is 4.17. The van der Waals surface area contributed by atoms with Crippen LogP contribution in [0.5, 0.6) is 0 Å². The lowest BCUT2D eigenvalue weighted by atomic mass is 10.0. The number of rotatable bonds is 13. The molecule has 0 spiro atoms. The Balaban J connectivity index is 1.57. The number of hydrogen-bond donors (Lipinski definition) is 1. The lowest BCUT2D eigenvalue weighted by Gasteiger charge is -2.05. The van der Waals surface area contributed by atoms with Crippen LogP contribution in [0, 0.1) is 0 Å². The molecule has 0 radical (unpaired) electrons. The Bertz CT molecular complexity index is 603. The summed E-state index contributed by atoms with van der Waals surface area (Å²) in [5.41, 5.74) is 2.98. The fourth-order valence-electron chi connectivity index (χ4n) is 3.19. The third kappa shape index (κ3) is 8.35. The zero-order chi connectivity index (χ0) is 17.7. The molecule has 2 rings (SSSR count). The van der Waals surface area contributed by atoms with Crippen molar-refractivity contribution in [2.75, 3.05) is 0 Å². The van der Waals surface area contributed by atoms with Crippen molar-refractivity contribution >= 4 is 17.3 Å². The minimum absolute atomic E-state index is 0.313. The molecule has 0 atom stereocenters. The van der Waals surface area contributed by atoms with Gasteiger partial charge < -0.3 is 5.11 Å². The van der Waals surface area contributed by atoms with Crippen LogP contribution in [-0.4, -0.2) is 11.1 Å². The highest BCUT2D eigenvalue weighted by molar-refractivity contribution is 7.10. The molecule has 1 N–H and O–H groups in total. The molecule has 136 valence electrons. The normalized spacial score (nSPS) is 10.9. The van der Waals surface area contributed by atoms with Crippen LogP contribution in [-0.2, 0) is 24.1 Å². The van der Waals surface area contributed by atoms with Gasteiger partial charge in [-0.1, -0.05) is 49.6 Å². The van der Waals surface area contributed by atoms with Gasteiger partial charge in [0.15, 0.2) is 0 Å². The van der Waals surface area contributed by atoms with Crippen LogP contribution in [0.15, 0.2) is 41.8 Å². The lowest BCUT2D eigenvalue weighted by Crippen LogP contribution is -1.94. The number of carboxylic acid groups (broad SMARTS) is 1. The average molecular weight is 359 g/mol. The molecule has 1 heterocycles. The summed E-state index contributed by atoms with van der Waals surface area (Å²) in [4.78, 5) is 12.0. The van der Waals surface area contributed by atoms with Crippen molar-refractivity contribution in [2.24, 2.45) is 0 Å². The summed E-state index contributed by atoms with van der Waals surface area (Å²) in [6, 6.07) is 13.0. The third-order valence-corrected chi connectivity index (χ3v) is 5.66. The van der Waals surface area contributed by atoms with E-state index in [2.05, 4.69) is 41.8 Å². The summed E-state index contributed by atoms with van der Waals surface area (Å²) in [6.07, 6.45) is 11.9. The summed E-state index contributed by atoms with van der Waals surface area (Å²) in [5.74, 6) is -0.673. The zero-order valence-corrected chi connectivity index (χ0v) is 15.9. The molecule has 3 heteroatoms. The van der Waals surface area contributed by atoms with E-state index in [1.165, 1.54) is 49.7 Å². The van der Waals surface area contributed by atoms with Crippen molar-refractivity contribution in [3.63, 3.8) is 0 Å². The van der Waals surface area contributed by atoms with Gasteiger partial charge in [-0.25, -0.2) is 0 Å². The first-order valence-electron chi connectivity index (χ1n) is 9.56. The van der Waals surface area contributed by atoms with Crippen molar-refractivity contribution < 1.29 is 9.90 Å². The standard InChI is InChI=1S/C22H30O2S/c23-22(24)16-10-2-1-9-15-21-20(17-18-25-21)14-8-4-7-13-19-11-5-3-6-12-19/h3,5-6,11-12,17-18H,1-2,4,7-10,13-16H2,(H,23,24). The van der Waals surface area contributed by atoms with Crippen LogP contribution < -0.4 is 0 Å². The van der Waals surface area contributed by atoms with E-state index < -0.39 is 5.97 Å². The molecule has 0 amide bonds. The average Bonchev–Trinajstić information content (AvgIpc) is 3.06.